The van der Waals surface area contributed by atoms with Gasteiger partial charge in [0, 0.05) is 50.7 Å². The molecule has 0 bridgehead atoms. The summed E-state index contributed by atoms with van der Waals surface area (Å²) in [7, 11) is 0. The van der Waals surface area contributed by atoms with Gasteiger partial charge in [-0.05, 0) is 128 Å². The van der Waals surface area contributed by atoms with Crippen molar-refractivity contribution in [2.45, 2.75) is 5.41 Å². The number of fused-ring (bicyclic) bond motifs is 9. The van der Waals surface area contributed by atoms with Crippen LogP contribution in [0.2, 0.25) is 0 Å². The molecule has 1 aliphatic rings. The normalized spacial score (nSPS) is 12.8. The molecule has 0 radical (unpaired) electrons. The van der Waals surface area contributed by atoms with Crippen molar-refractivity contribution in [3.8, 4) is 44.8 Å². The molecule has 10 aromatic carbocycles. The van der Waals surface area contributed by atoms with Gasteiger partial charge in [-0.15, -0.1) is 0 Å². The fourth-order valence-electron chi connectivity index (χ4n) is 11.1. The highest BCUT2D eigenvalue weighted by atomic mass is 16.6. The summed E-state index contributed by atoms with van der Waals surface area (Å²) in [6.07, 6.45) is 0. The lowest BCUT2D eigenvalue weighted by Crippen LogP contribution is -2.28. The zero-order valence-corrected chi connectivity index (χ0v) is 36.2. The summed E-state index contributed by atoms with van der Waals surface area (Å²) in [6.45, 7) is 0. The van der Waals surface area contributed by atoms with E-state index in [0.29, 0.717) is 5.69 Å². The Morgan fingerprint density at radius 2 is 0.761 bits per heavy atom. The SMILES string of the molecule is Nc1ccc(C2(c3ccc([N+](=O)[O-])cc3)c3cc(-c4cccc(-n5c6ccccc6c6ccccc65)c4)ccc3-c3ccc(-c4cccc(-n5c6ccccc6c6ccccc65)c4)cc32)cc1. The van der Waals surface area contributed by atoms with Gasteiger partial charge >= 0.3 is 0 Å². The molecule has 0 saturated carbocycles. The molecule has 0 spiro atoms. The minimum Gasteiger partial charge on any atom is -0.399 e. The van der Waals surface area contributed by atoms with Gasteiger partial charge in [-0.3, -0.25) is 10.1 Å². The van der Waals surface area contributed by atoms with E-state index in [9.17, 15) is 10.1 Å². The van der Waals surface area contributed by atoms with Crippen LogP contribution >= 0.6 is 0 Å². The molecule has 2 heterocycles. The number of nitrogens with two attached hydrogens (primary N) is 1. The number of anilines is 1. The first-order valence-electron chi connectivity index (χ1n) is 22.5. The molecule has 0 unspecified atom stereocenters. The van der Waals surface area contributed by atoms with Gasteiger partial charge in [-0.2, -0.15) is 0 Å². The van der Waals surface area contributed by atoms with Crippen molar-refractivity contribution in [2.24, 2.45) is 0 Å². The van der Waals surface area contributed by atoms with Crippen molar-refractivity contribution in [1.82, 2.24) is 9.13 Å². The van der Waals surface area contributed by atoms with Gasteiger partial charge in [0.15, 0.2) is 0 Å². The highest BCUT2D eigenvalue weighted by molar-refractivity contribution is 6.10. The summed E-state index contributed by atoms with van der Waals surface area (Å²) in [5, 5.41) is 17.0. The summed E-state index contributed by atoms with van der Waals surface area (Å²) in [6, 6.07) is 80.8. The number of para-hydroxylation sites is 4. The Hall–Kier alpha value is -9.00. The molecule has 0 atom stereocenters. The average molecular weight is 861 g/mol. The third-order valence-corrected chi connectivity index (χ3v) is 14.0. The van der Waals surface area contributed by atoms with Crippen molar-refractivity contribution < 1.29 is 4.92 Å². The van der Waals surface area contributed by atoms with Gasteiger partial charge < -0.3 is 14.9 Å². The first kappa shape index (κ1) is 38.5. The van der Waals surface area contributed by atoms with Crippen molar-refractivity contribution in [3.63, 3.8) is 0 Å². The van der Waals surface area contributed by atoms with Gasteiger partial charge in [0.1, 0.15) is 0 Å². The second-order valence-corrected chi connectivity index (χ2v) is 17.5. The van der Waals surface area contributed by atoms with Crippen LogP contribution in [0.15, 0.2) is 231 Å². The lowest BCUT2D eigenvalue weighted by atomic mass is 9.67. The van der Waals surface area contributed by atoms with Crippen LogP contribution in [0.25, 0.3) is 88.4 Å². The first-order chi connectivity index (χ1) is 33.0. The van der Waals surface area contributed by atoms with E-state index in [1.807, 2.05) is 24.3 Å². The maximum atomic E-state index is 12.1. The molecule has 1 aliphatic carbocycles. The molecule has 2 N–H and O–H groups in total. The average Bonchev–Trinajstić information content (AvgIpc) is 4.01. The first-order valence-corrected chi connectivity index (χ1v) is 22.5. The van der Waals surface area contributed by atoms with Crippen LogP contribution in [0.4, 0.5) is 11.4 Å². The molecule has 67 heavy (non-hydrogen) atoms. The molecule has 12 aromatic rings. The maximum Gasteiger partial charge on any atom is 0.269 e. The van der Waals surface area contributed by atoms with E-state index in [1.54, 1.807) is 12.1 Å². The Morgan fingerprint density at radius 3 is 1.16 bits per heavy atom. The third-order valence-electron chi connectivity index (χ3n) is 14.0. The number of hydrogen-bond donors (Lipinski definition) is 1. The van der Waals surface area contributed by atoms with Crippen molar-refractivity contribution in [3.05, 3.63) is 263 Å². The Balaban J connectivity index is 1.02. The minimum absolute atomic E-state index is 0.0425. The largest absolute Gasteiger partial charge is 0.399 e. The standard InChI is InChI=1S/C61H40N4O2/c62-45-29-25-43(26-30-45)61(44-27-31-46(32-28-44)65(66)67)55-37-41(39-11-9-13-47(35-39)63-57-19-5-1-15-51(57)52-16-2-6-20-58(52)63)23-33-49(55)50-34-24-42(38-56(50)61)40-12-10-14-48(36-40)64-59-21-7-3-17-53(59)54-18-4-8-22-60(54)64/h1-38H,62H2. The lowest BCUT2D eigenvalue weighted by Gasteiger charge is -2.34. The predicted octanol–water partition coefficient (Wildman–Crippen LogP) is 15.1. The fourth-order valence-corrected chi connectivity index (χ4v) is 11.1. The van der Waals surface area contributed by atoms with Crippen LogP contribution in [0.3, 0.4) is 0 Å². The van der Waals surface area contributed by atoms with E-state index in [1.165, 1.54) is 21.5 Å². The fraction of sp³-hybridized carbons (Fsp3) is 0.0164. The molecule has 0 fully saturated rings. The van der Waals surface area contributed by atoms with E-state index < -0.39 is 5.41 Å². The van der Waals surface area contributed by atoms with Crippen LogP contribution in [-0.4, -0.2) is 14.1 Å². The number of benzene rings is 10. The Morgan fingerprint density at radius 1 is 0.388 bits per heavy atom. The van der Waals surface area contributed by atoms with Crippen molar-refractivity contribution >= 4 is 55.0 Å². The molecule has 316 valence electrons. The zero-order valence-electron chi connectivity index (χ0n) is 36.2. The molecular weight excluding hydrogens is 821 g/mol. The van der Waals surface area contributed by atoms with Gasteiger partial charge in [0.25, 0.3) is 5.69 Å². The van der Waals surface area contributed by atoms with Gasteiger partial charge in [0.2, 0.25) is 0 Å². The summed E-state index contributed by atoms with van der Waals surface area (Å²) in [5.74, 6) is 0. The highest BCUT2D eigenvalue weighted by Gasteiger charge is 2.46. The molecule has 13 rings (SSSR count). The molecule has 0 saturated heterocycles. The van der Waals surface area contributed by atoms with Crippen LogP contribution in [0, 0.1) is 10.1 Å². The smallest absolute Gasteiger partial charge is 0.269 e. The van der Waals surface area contributed by atoms with Crippen LogP contribution in [0.5, 0.6) is 0 Å². The highest BCUT2D eigenvalue weighted by Crippen LogP contribution is 2.58. The quantitative estimate of drug-likeness (QED) is 0.0985. The Kier molecular flexibility index (Phi) is 8.48. The summed E-state index contributed by atoms with van der Waals surface area (Å²) < 4.78 is 4.70. The number of nitro groups is 1. The zero-order chi connectivity index (χ0) is 44.8. The van der Waals surface area contributed by atoms with Crippen molar-refractivity contribution in [1.29, 1.82) is 0 Å². The van der Waals surface area contributed by atoms with E-state index in [2.05, 4.69) is 203 Å². The molecule has 6 heteroatoms. The third kappa shape index (κ3) is 5.76. The summed E-state index contributed by atoms with van der Waals surface area (Å²) >= 11 is 0. The monoisotopic (exact) mass is 860 g/mol. The summed E-state index contributed by atoms with van der Waals surface area (Å²) in [5.41, 5.74) is 23.7. The van der Waals surface area contributed by atoms with Crippen LogP contribution in [-0.2, 0) is 5.41 Å². The number of hydrogen-bond acceptors (Lipinski definition) is 3. The van der Waals surface area contributed by atoms with Gasteiger partial charge in [-0.1, -0.05) is 146 Å². The van der Waals surface area contributed by atoms with Gasteiger partial charge in [0.05, 0.1) is 32.4 Å². The minimum atomic E-state index is -0.867. The summed E-state index contributed by atoms with van der Waals surface area (Å²) in [4.78, 5) is 11.8. The van der Waals surface area contributed by atoms with Gasteiger partial charge in [-0.25, -0.2) is 0 Å². The number of nitrogen functional groups attached to an aromatic ring is 1. The van der Waals surface area contributed by atoms with Crippen LogP contribution < -0.4 is 5.73 Å². The second kappa shape index (κ2) is 14.8. The van der Waals surface area contributed by atoms with E-state index in [4.69, 9.17) is 5.73 Å². The number of rotatable bonds is 7. The Bertz CT molecular complexity index is 3660. The number of non-ortho nitro benzene ring substituents is 1. The molecular formula is C61H40N4O2. The van der Waals surface area contributed by atoms with E-state index >= 15 is 0 Å². The molecule has 6 nitrogen and oxygen atoms in total. The molecule has 0 amide bonds. The number of aromatic nitrogens is 2. The number of nitrogens with zero attached hydrogens (tertiary/aromatic N) is 3. The molecule has 2 aromatic heterocycles. The molecule has 0 aliphatic heterocycles. The predicted molar refractivity (Wildman–Crippen MR) is 274 cm³/mol. The number of nitro benzene ring substituents is 1. The topological polar surface area (TPSA) is 79.0 Å². The second-order valence-electron chi connectivity index (χ2n) is 17.5. The van der Waals surface area contributed by atoms with Crippen molar-refractivity contribution in [2.75, 3.05) is 5.73 Å². The lowest BCUT2D eigenvalue weighted by molar-refractivity contribution is -0.384. The Labute approximate surface area is 386 Å². The maximum absolute atomic E-state index is 12.1. The van der Waals surface area contributed by atoms with E-state index in [0.717, 1.165) is 89.1 Å². The van der Waals surface area contributed by atoms with E-state index in [-0.39, 0.29) is 10.6 Å². The van der Waals surface area contributed by atoms with Crippen LogP contribution in [0.1, 0.15) is 22.3 Å².